The molecule has 3 rings (SSSR count). The Labute approximate surface area is 197 Å². The first-order chi connectivity index (χ1) is 15.9. The Kier molecular flexibility index (Phi) is 8.24. The summed E-state index contributed by atoms with van der Waals surface area (Å²) in [5.74, 6) is -0.780. The van der Waals surface area contributed by atoms with Crippen molar-refractivity contribution in [1.82, 2.24) is 20.2 Å². The van der Waals surface area contributed by atoms with Crippen molar-refractivity contribution in [3.8, 4) is 0 Å². The average Bonchev–Trinajstić information content (AvgIpc) is 3.23. The molecule has 1 saturated heterocycles. The first-order valence-corrected chi connectivity index (χ1v) is 11.0. The highest BCUT2D eigenvalue weighted by Crippen LogP contribution is 2.17. The lowest BCUT2D eigenvalue weighted by Gasteiger charge is -2.37. The Morgan fingerprint density at radius 3 is 2.61 bits per heavy atom. The fourth-order valence-electron chi connectivity index (χ4n) is 3.61. The smallest absolute Gasteiger partial charge is 0.337 e. The zero-order valence-electron chi connectivity index (χ0n) is 18.8. The van der Waals surface area contributed by atoms with E-state index in [0.717, 1.165) is 5.56 Å². The van der Waals surface area contributed by atoms with E-state index in [2.05, 4.69) is 20.0 Å². The van der Waals surface area contributed by atoms with Crippen molar-refractivity contribution in [3.63, 3.8) is 0 Å². The number of aromatic amines is 1. The Balaban J connectivity index is 1.57. The minimum atomic E-state index is -0.414. The number of carbonyl (C=O) groups excluding carboxylic acids is 3. The number of aryl methyl sites for hydroxylation is 1. The molecule has 33 heavy (non-hydrogen) atoms. The number of benzene rings is 1. The van der Waals surface area contributed by atoms with Gasteiger partial charge >= 0.3 is 5.97 Å². The van der Waals surface area contributed by atoms with E-state index in [4.69, 9.17) is 16.3 Å². The summed E-state index contributed by atoms with van der Waals surface area (Å²) in [6.45, 7) is 2.72. The lowest BCUT2D eigenvalue weighted by molar-refractivity contribution is -0.130. The summed E-state index contributed by atoms with van der Waals surface area (Å²) in [5, 5.41) is 3.22. The van der Waals surface area contributed by atoms with Gasteiger partial charge in [-0.25, -0.2) is 9.78 Å². The Morgan fingerprint density at radius 2 is 2.00 bits per heavy atom. The van der Waals surface area contributed by atoms with Gasteiger partial charge in [-0.3, -0.25) is 9.59 Å². The van der Waals surface area contributed by atoms with E-state index < -0.39 is 5.97 Å². The third-order valence-electron chi connectivity index (χ3n) is 5.54. The number of ether oxygens (including phenoxy) is 2. The van der Waals surface area contributed by atoms with E-state index in [1.807, 2.05) is 6.92 Å². The van der Waals surface area contributed by atoms with Crippen LogP contribution in [0.3, 0.4) is 0 Å². The maximum Gasteiger partial charge on any atom is 0.337 e. The van der Waals surface area contributed by atoms with E-state index in [1.165, 1.54) is 13.2 Å². The number of halogens is 1. The molecule has 0 radical (unpaired) electrons. The molecule has 1 aliphatic heterocycles. The summed E-state index contributed by atoms with van der Waals surface area (Å²) in [7, 11) is 2.88. The number of imidazole rings is 1. The Bertz CT molecular complexity index is 1030. The van der Waals surface area contributed by atoms with E-state index in [0.29, 0.717) is 37.2 Å². The van der Waals surface area contributed by atoms with Crippen LogP contribution in [0.25, 0.3) is 6.08 Å². The Hall–Kier alpha value is -3.17. The number of nitrogens with zero attached hydrogens (tertiary/aromatic N) is 2. The van der Waals surface area contributed by atoms with Crippen LogP contribution in [0.4, 0.5) is 0 Å². The monoisotopic (exact) mass is 474 g/mol. The topological polar surface area (TPSA) is 114 Å². The van der Waals surface area contributed by atoms with Crippen molar-refractivity contribution in [2.45, 2.75) is 31.9 Å². The van der Waals surface area contributed by atoms with Crippen LogP contribution >= 0.6 is 11.6 Å². The highest BCUT2D eigenvalue weighted by Gasteiger charge is 2.32. The molecule has 1 aromatic carbocycles. The van der Waals surface area contributed by atoms with Gasteiger partial charge in [-0.2, -0.15) is 0 Å². The van der Waals surface area contributed by atoms with Gasteiger partial charge in [0, 0.05) is 26.3 Å². The lowest BCUT2D eigenvalue weighted by Crippen LogP contribution is -2.55. The van der Waals surface area contributed by atoms with Gasteiger partial charge in [0.25, 0.3) is 5.91 Å². The van der Waals surface area contributed by atoms with Gasteiger partial charge in [-0.1, -0.05) is 30.7 Å². The van der Waals surface area contributed by atoms with E-state index in [9.17, 15) is 14.4 Å². The van der Waals surface area contributed by atoms with Crippen LogP contribution in [0.1, 0.15) is 45.6 Å². The van der Waals surface area contributed by atoms with Gasteiger partial charge in [0.1, 0.15) is 0 Å². The van der Waals surface area contributed by atoms with Gasteiger partial charge in [0.05, 0.1) is 30.5 Å². The molecule has 0 spiro atoms. The van der Waals surface area contributed by atoms with Crippen LogP contribution in [0.15, 0.2) is 30.3 Å². The number of nitrogens with one attached hydrogen (secondary N) is 2. The molecule has 1 aromatic heterocycles. The van der Waals surface area contributed by atoms with Crippen LogP contribution in [0, 0.1) is 0 Å². The zero-order chi connectivity index (χ0) is 24.0. The van der Waals surface area contributed by atoms with E-state index in [-0.39, 0.29) is 34.9 Å². The number of rotatable bonds is 7. The molecule has 2 atom stereocenters. The number of hydrogen-bond acceptors (Lipinski definition) is 6. The second-order valence-electron chi connectivity index (χ2n) is 7.58. The number of likely N-dealkylation sites (tertiary alicyclic amines) is 1. The maximum absolute atomic E-state index is 12.7. The number of carbonyl (C=O) groups is 3. The Morgan fingerprint density at radius 1 is 1.27 bits per heavy atom. The van der Waals surface area contributed by atoms with Crippen LogP contribution in [-0.4, -0.2) is 72.1 Å². The molecule has 1 aliphatic rings. The van der Waals surface area contributed by atoms with E-state index in [1.54, 1.807) is 42.4 Å². The molecule has 1 fully saturated rings. The van der Waals surface area contributed by atoms with Gasteiger partial charge < -0.3 is 24.7 Å². The summed E-state index contributed by atoms with van der Waals surface area (Å²) in [5.41, 5.74) is 1.93. The molecule has 176 valence electrons. The maximum atomic E-state index is 12.7. The van der Waals surface area contributed by atoms with Crippen LogP contribution < -0.4 is 5.32 Å². The minimum absolute atomic E-state index is 0.159. The van der Waals surface area contributed by atoms with Crippen molar-refractivity contribution in [1.29, 1.82) is 0 Å². The van der Waals surface area contributed by atoms with Gasteiger partial charge in [0.2, 0.25) is 5.91 Å². The summed E-state index contributed by atoms with van der Waals surface area (Å²) < 4.78 is 10.2. The van der Waals surface area contributed by atoms with Crippen LogP contribution in [-0.2, 0) is 20.7 Å². The molecule has 10 heteroatoms. The SMILES string of the molecule is CCc1[nH]c(C(=O)N[C@H]2CCN(C(=O)/C=C/c3ccc(C(=O)OC)cc3)C[C@H]2OC)nc1Cl. The molecule has 0 unspecified atom stereocenters. The molecule has 0 bridgehead atoms. The number of methoxy groups -OCH3 is 2. The molecule has 2 amide bonds. The number of H-pyrrole nitrogens is 1. The average molecular weight is 475 g/mol. The molecule has 2 heterocycles. The number of piperidine rings is 1. The van der Waals surface area contributed by atoms with Crippen molar-refractivity contribution < 1.29 is 23.9 Å². The summed E-state index contributed by atoms with van der Waals surface area (Å²) in [4.78, 5) is 45.4. The molecule has 2 aromatic rings. The minimum Gasteiger partial charge on any atom is -0.465 e. The first kappa shape index (κ1) is 24.5. The van der Waals surface area contributed by atoms with Gasteiger partial charge in [0.15, 0.2) is 11.0 Å². The third-order valence-corrected chi connectivity index (χ3v) is 5.85. The van der Waals surface area contributed by atoms with Crippen LogP contribution in [0.2, 0.25) is 5.15 Å². The van der Waals surface area contributed by atoms with Crippen molar-refractivity contribution in [2.75, 3.05) is 27.3 Å². The summed E-state index contributed by atoms with van der Waals surface area (Å²) in [6, 6.07) is 6.48. The first-order valence-electron chi connectivity index (χ1n) is 10.6. The highest BCUT2D eigenvalue weighted by molar-refractivity contribution is 6.30. The number of esters is 1. The molecule has 0 saturated carbocycles. The summed E-state index contributed by atoms with van der Waals surface area (Å²) in [6.07, 6.45) is 3.98. The molecule has 9 nitrogen and oxygen atoms in total. The quantitative estimate of drug-likeness (QED) is 0.470. The number of aromatic nitrogens is 2. The van der Waals surface area contributed by atoms with Gasteiger partial charge in [-0.15, -0.1) is 0 Å². The second-order valence-corrected chi connectivity index (χ2v) is 7.94. The largest absolute Gasteiger partial charge is 0.465 e. The van der Waals surface area contributed by atoms with Crippen molar-refractivity contribution >= 4 is 35.5 Å². The van der Waals surface area contributed by atoms with Crippen molar-refractivity contribution in [3.05, 3.63) is 58.1 Å². The standard InChI is InChI=1S/C23H27ClN4O5/c1-4-16-20(24)27-21(25-16)22(30)26-17-11-12-28(13-18(17)32-2)19(29)10-7-14-5-8-15(9-6-14)23(31)33-3/h5-10,17-18H,4,11-13H2,1-3H3,(H,25,27)(H,26,30)/b10-7+/t17-,18+/m0/s1. The van der Waals surface area contributed by atoms with Crippen LogP contribution in [0.5, 0.6) is 0 Å². The lowest BCUT2D eigenvalue weighted by atomic mass is 10.0. The second kappa shape index (κ2) is 11.1. The fraction of sp³-hybridized carbons (Fsp3) is 0.391. The predicted molar refractivity (Wildman–Crippen MR) is 123 cm³/mol. The highest BCUT2D eigenvalue weighted by atomic mass is 35.5. The van der Waals surface area contributed by atoms with E-state index >= 15 is 0 Å². The number of hydrogen-bond donors (Lipinski definition) is 2. The van der Waals surface area contributed by atoms with Crippen molar-refractivity contribution in [2.24, 2.45) is 0 Å². The predicted octanol–water partition coefficient (Wildman–Crippen LogP) is 2.47. The molecular formula is C23H27ClN4O5. The normalized spacial score (nSPS) is 18.4. The molecule has 2 N–H and O–H groups in total. The molecular weight excluding hydrogens is 448 g/mol. The van der Waals surface area contributed by atoms with Gasteiger partial charge in [-0.05, 0) is 36.6 Å². The zero-order valence-corrected chi connectivity index (χ0v) is 19.5. The molecule has 0 aliphatic carbocycles. The summed E-state index contributed by atoms with van der Waals surface area (Å²) >= 11 is 6.03. The fourth-order valence-corrected chi connectivity index (χ4v) is 3.87. The third kappa shape index (κ3) is 6.00. The number of amides is 2.